The highest BCUT2D eigenvalue weighted by Crippen LogP contribution is 2.21. The second-order valence-corrected chi connectivity index (χ2v) is 4.76. The first kappa shape index (κ1) is 15.5. The number of oxazole rings is 1. The van der Waals surface area contributed by atoms with E-state index in [-0.39, 0.29) is 6.54 Å². The third-order valence-electron chi connectivity index (χ3n) is 2.87. The van der Waals surface area contributed by atoms with E-state index in [1.165, 1.54) is 18.2 Å². The van der Waals surface area contributed by atoms with E-state index < -0.39 is 18.8 Å². The third kappa shape index (κ3) is 4.30. The fraction of sp³-hybridized carbons (Fsp3) is 0.357. The maximum absolute atomic E-state index is 12.3. The fourth-order valence-electron chi connectivity index (χ4n) is 1.83. The molecule has 2 aromatic rings. The quantitative estimate of drug-likeness (QED) is 0.922. The van der Waals surface area contributed by atoms with Crippen molar-refractivity contribution < 1.29 is 22.7 Å². The minimum absolute atomic E-state index is 0.156. The number of rotatable bonds is 5. The zero-order chi connectivity index (χ0) is 15.5. The van der Waals surface area contributed by atoms with Gasteiger partial charge in [0.05, 0.1) is 5.69 Å². The Hall–Kier alpha value is -1.86. The topological polar surface area (TPSA) is 49.5 Å². The lowest BCUT2D eigenvalue weighted by atomic mass is 10.2. The number of aliphatic hydroxyl groups is 1. The van der Waals surface area contributed by atoms with Crippen LogP contribution in [0.1, 0.15) is 5.69 Å². The van der Waals surface area contributed by atoms with Crippen molar-refractivity contribution in [1.29, 1.82) is 0 Å². The van der Waals surface area contributed by atoms with E-state index >= 15 is 0 Å². The maximum atomic E-state index is 12.3. The van der Waals surface area contributed by atoms with Gasteiger partial charge in [-0.05, 0) is 19.2 Å². The summed E-state index contributed by atoms with van der Waals surface area (Å²) in [6, 6.07) is 9.19. The summed E-state index contributed by atoms with van der Waals surface area (Å²) in [5, 5.41) is 9.01. The van der Waals surface area contributed by atoms with E-state index in [2.05, 4.69) is 4.98 Å². The van der Waals surface area contributed by atoms with E-state index in [1.54, 1.807) is 0 Å². The summed E-state index contributed by atoms with van der Waals surface area (Å²) in [5.74, 6) is 0.412. The van der Waals surface area contributed by atoms with Gasteiger partial charge in [-0.2, -0.15) is 13.2 Å². The minimum Gasteiger partial charge on any atom is -0.444 e. The molecule has 4 nitrogen and oxygen atoms in total. The van der Waals surface area contributed by atoms with E-state index in [0.29, 0.717) is 11.6 Å². The van der Waals surface area contributed by atoms with Crippen LogP contribution in [-0.2, 0) is 6.54 Å². The molecule has 0 fully saturated rings. The Kier molecular flexibility index (Phi) is 4.64. The predicted octanol–water partition coefficient (Wildman–Crippen LogP) is 2.70. The molecule has 1 aromatic heterocycles. The summed E-state index contributed by atoms with van der Waals surface area (Å²) in [6.07, 6.45) is -5.59. The van der Waals surface area contributed by atoms with Crippen molar-refractivity contribution in [3.8, 4) is 11.5 Å². The zero-order valence-corrected chi connectivity index (χ0v) is 11.3. The van der Waals surface area contributed by atoms with E-state index in [9.17, 15) is 13.2 Å². The van der Waals surface area contributed by atoms with Crippen molar-refractivity contribution in [2.24, 2.45) is 0 Å². The Labute approximate surface area is 119 Å². The average Bonchev–Trinajstić information content (AvgIpc) is 2.87. The maximum Gasteiger partial charge on any atom is 0.415 e. The van der Waals surface area contributed by atoms with Crippen LogP contribution in [0.5, 0.6) is 0 Å². The van der Waals surface area contributed by atoms with E-state index in [0.717, 1.165) is 5.56 Å². The first-order valence-corrected chi connectivity index (χ1v) is 6.29. The lowest BCUT2D eigenvalue weighted by Gasteiger charge is -2.21. The van der Waals surface area contributed by atoms with Crippen LogP contribution in [0.15, 0.2) is 41.0 Å². The smallest absolute Gasteiger partial charge is 0.415 e. The van der Waals surface area contributed by atoms with Crippen LogP contribution in [0, 0.1) is 0 Å². The van der Waals surface area contributed by atoms with Crippen molar-refractivity contribution >= 4 is 0 Å². The molecule has 0 radical (unpaired) electrons. The van der Waals surface area contributed by atoms with Crippen LogP contribution >= 0.6 is 0 Å². The number of hydrogen-bond acceptors (Lipinski definition) is 4. The van der Waals surface area contributed by atoms with Crippen molar-refractivity contribution in [1.82, 2.24) is 9.88 Å². The molecule has 114 valence electrons. The van der Waals surface area contributed by atoms with Gasteiger partial charge in [0.1, 0.15) is 6.26 Å². The summed E-state index contributed by atoms with van der Waals surface area (Å²) < 4.78 is 42.1. The van der Waals surface area contributed by atoms with E-state index in [1.807, 2.05) is 30.3 Å². The number of alkyl halides is 3. The monoisotopic (exact) mass is 300 g/mol. The molecule has 0 aliphatic heterocycles. The SMILES string of the molecule is CN(Cc1coc(-c2ccccc2)n1)CC(O)C(F)(F)F. The summed E-state index contributed by atoms with van der Waals surface area (Å²) in [6.45, 7) is -0.361. The molecule has 0 bridgehead atoms. The molecule has 0 aliphatic rings. The molecule has 21 heavy (non-hydrogen) atoms. The molecule has 1 atom stereocenters. The lowest BCUT2D eigenvalue weighted by Crippen LogP contribution is -2.39. The molecule has 0 aliphatic carbocycles. The van der Waals surface area contributed by atoms with Gasteiger partial charge in [-0.3, -0.25) is 4.90 Å². The van der Waals surface area contributed by atoms with Crippen molar-refractivity contribution in [3.05, 3.63) is 42.3 Å². The second-order valence-electron chi connectivity index (χ2n) is 4.76. The van der Waals surface area contributed by atoms with Gasteiger partial charge < -0.3 is 9.52 Å². The highest BCUT2D eigenvalue weighted by Gasteiger charge is 2.38. The van der Waals surface area contributed by atoms with Crippen molar-refractivity contribution in [2.75, 3.05) is 13.6 Å². The van der Waals surface area contributed by atoms with Crippen LogP contribution < -0.4 is 0 Å². The van der Waals surface area contributed by atoms with Gasteiger partial charge in [-0.25, -0.2) is 4.98 Å². The molecule has 0 saturated heterocycles. The average molecular weight is 300 g/mol. The summed E-state index contributed by atoms with van der Waals surface area (Å²) >= 11 is 0. The van der Waals surface area contributed by atoms with Gasteiger partial charge in [-0.15, -0.1) is 0 Å². The zero-order valence-electron chi connectivity index (χ0n) is 11.3. The molecule has 1 unspecified atom stereocenters. The third-order valence-corrected chi connectivity index (χ3v) is 2.87. The Morgan fingerprint density at radius 1 is 1.29 bits per heavy atom. The van der Waals surface area contributed by atoms with E-state index in [4.69, 9.17) is 9.52 Å². The van der Waals surface area contributed by atoms with Crippen LogP contribution in [0.3, 0.4) is 0 Å². The molecule has 2 rings (SSSR count). The van der Waals surface area contributed by atoms with Gasteiger partial charge in [0, 0.05) is 18.7 Å². The Morgan fingerprint density at radius 3 is 2.57 bits per heavy atom. The normalized spacial score (nSPS) is 13.6. The second kappa shape index (κ2) is 6.28. The van der Waals surface area contributed by atoms with Gasteiger partial charge in [0.2, 0.25) is 5.89 Å². The molecule has 7 heteroatoms. The van der Waals surface area contributed by atoms with Gasteiger partial charge in [-0.1, -0.05) is 18.2 Å². The first-order valence-electron chi connectivity index (χ1n) is 6.29. The van der Waals surface area contributed by atoms with Crippen LogP contribution in [0.25, 0.3) is 11.5 Å². The largest absolute Gasteiger partial charge is 0.444 e. The van der Waals surface area contributed by atoms with Crippen LogP contribution in [0.2, 0.25) is 0 Å². The molecular weight excluding hydrogens is 285 g/mol. The standard InChI is InChI=1S/C14H15F3N2O2/c1-19(8-12(20)14(15,16)17)7-11-9-21-13(18-11)10-5-3-2-4-6-10/h2-6,9,12,20H,7-8H2,1H3. The van der Waals surface area contributed by atoms with Crippen LogP contribution in [-0.4, -0.2) is 40.9 Å². The number of nitrogens with zero attached hydrogens (tertiary/aromatic N) is 2. The van der Waals surface area contributed by atoms with Crippen molar-refractivity contribution in [2.45, 2.75) is 18.8 Å². The van der Waals surface area contributed by atoms with Gasteiger partial charge in [0.15, 0.2) is 6.10 Å². The van der Waals surface area contributed by atoms with Gasteiger partial charge >= 0.3 is 6.18 Å². The molecule has 0 amide bonds. The predicted molar refractivity (Wildman–Crippen MR) is 70.3 cm³/mol. The number of aliphatic hydroxyl groups excluding tert-OH is 1. The minimum atomic E-state index is -4.62. The number of likely N-dealkylation sites (N-methyl/N-ethyl adjacent to an activating group) is 1. The number of halogens is 3. The molecule has 1 aromatic carbocycles. The molecule has 0 spiro atoms. The Bertz CT molecular complexity index is 569. The number of hydrogen-bond donors (Lipinski definition) is 1. The highest BCUT2D eigenvalue weighted by molar-refractivity contribution is 5.52. The summed E-state index contributed by atoms with van der Waals surface area (Å²) in [5.41, 5.74) is 1.30. The first-order chi connectivity index (χ1) is 9.86. The summed E-state index contributed by atoms with van der Waals surface area (Å²) in [4.78, 5) is 5.56. The number of benzene rings is 1. The molecule has 1 N–H and O–H groups in total. The Balaban J connectivity index is 1.97. The van der Waals surface area contributed by atoms with Gasteiger partial charge in [0.25, 0.3) is 0 Å². The number of aromatic nitrogens is 1. The lowest BCUT2D eigenvalue weighted by molar-refractivity contribution is -0.207. The summed E-state index contributed by atoms with van der Waals surface area (Å²) in [7, 11) is 1.48. The Morgan fingerprint density at radius 2 is 1.95 bits per heavy atom. The van der Waals surface area contributed by atoms with Crippen LogP contribution in [0.4, 0.5) is 13.2 Å². The molecule has 1 heterocycles. The highest BCUT2D eigenvalue weighted by atomic mass is 19.4. The van der Waals surface area contributed by atoms with Crippen molar-refractivity contribution in [3.63, 3.8) is 0 Å². The molecular formula is C14H15F3N2O2. The molecule has 0 saturated carbocycles. The fourth-order valence-corrected chi connectivity index (χ4v) is 1.83.